The molecule has 17 heavy (non-hydrogen) atoms. The first kappa shape index (κ1) is 10.4. The van der Waals surface area contributed by atoms with Gasteiger partial charge < -0.3 is 0 Å². The fourth-order valence-electron chi connectivity index (χ4n) is 1.44. The molecular weight excluding hydrogens is 458 g/mol. The molecule has 0 fully saturated rings. The van der Waals surface area contributed by atoms with Crippen molar-refractivity contribution in [3.8, 4) is 22.6 Å². The molecule has 0 radical (unpaired) electrons. The van der Waals surface area contributed by atoms with Crippen molar-refractivity contribution in [3.05, 3.63) is 48.5 Å². The van der Waals surface area contributed by atoms with Gasteiger partial charge in [0.05, 0.1) is 0 Å². The Morgan fingerprint density at radius 3 is 1.71 bits per heavy atom. The van der Waals surface area contributed by atoms with E-state index in [0.29, 0.717) is 0 Å². The number of halogens is 1. The zero-order chi connectivity index (χ0) is 12.1. The van der Waals surface area contributed by atoms with E-state index in [2.05, 4.69) is 12.4 Å². The van der Waals surface area contributed by atoms with E-state index in [1.807, 2.05) is 36.4 Å². The standard InChI is InChI=1S/C12H9FO2.CH2.Cf/c13-15-12-7-3-10(4-8-12)9-1-5-11(14)6-2-9;;/h1-8,14H;1H2;/q;;+1/p-1. The molecule has 4 heteroatoms. The van der Waals surface area contributed by atoms with Crippen LogP contribution in [0, 0.1) is 0 Å². The summed E-state index contributed by atoms with van der Waals surface area (Å²) < 4.78 is 11.1. The summed E-state index contributed by atoms with van der Waals surface area (Å²) in [5.74, 6) is 1.06. The molecule has 0 aromatic heterocycles. The Kier molecular flexibility index (Phi) is 2.79. The summed E-state index contributed by atoms with van der Waals surface area (Å²) in [6, 6.07) is 14.5. The molecule has 2 aromatic rings. The van der Waals surface area contributed by atoms with E-state index in [-0.39, 0.29) is 5.75 Å². The van der Waals surface area contributed by atoms with E-state index >= 15 is 0 Å². The van der Waals surface area contributed by atoms with Gasteiger partial charge in [0.25, 0.3) is 0 Å². The van der Waals surface area contributed by atoms with E-state index in [9.17, 15) is 4.53 Å². The molecule has 0 aliphatic rings. The molecule has 0 saturated carbocycles. The van der Waals surface area contributed by atoms with Crippen LogP contribution < -0.4 is 10.0 Å². The molecule has 0 bridgehead atoms. The molecule has 0 amide bonds. The van der Waals surface area contributed by atoms with Crippen LogP contribution in [-0.2, 0) is 0 Å². The van der Waals surface area contributed by atoms with Crippen LogP contribution >= 0.6 is 0 Å². The van der Waals surface area contributed by atoms with Crippen molar-refractivity contribution < 1.29 is 14.6 Å². The molecular formula is C13H10CfFO2. The summed E-state index contributed by atoms with van der Waals surface area (Å²) in [6.45, 7) is 0. The van der Waals surface area contributed by atoms with Gasteiger partial charge in [0, 0.05) is 0 Å². The molecule has 0 unspecified atom stereocenters. The van der Waals surface area contributed by atoms with Gasteiger partial charge in [0.1, 0.15) is 0 Å². The van der Waals surface area contributed by atoms with Crippen LogP contribution in [-0.4, -0.2) is 7.43 Å². The Balaban J connectivity index is 2.23. The van der Waals surface area contributed by atoms with Gasteiger partial charge in [-0.05, 0) is 0 Å². The normalized spacial score (nSPS) is 9.47. The maximum absolute atomic E-state index is 11.9. The second kappa shape index (κ2) is 4.57. The van der Waals surface area contributed by atoms with Gasteiger partial charge in [-0.25, -0.2) is 0 Å². The van der Waals surface area contributed by atoms with Crippen molar-refractivity contribution in [2.45, 2.75) is 0 Å². The molecule has 91 valence electrons. The molecule has 2 rings (SSSR count). The van der Waals surface area contributed by atoms with Gasteiger partial charge in [-0.1, -0.05) is 0 Å². The Morgan fingerprint density at radius 2 is 1.29 bits per heavy atom. The van der Waals surface area contributed by atoms with Gasteiger partial charge >= 0.3 is 93.2 Å². The fraction of sp³-hybridized carbons (Fsp3) is 0. The number of benzene rings is 2. The third-order valence-electron chi connectivity index (χ3n) is 2.25. The van der Waals surface area contributed by atoms with Crippen molar-refractivity contribution in [1.82, 2.24) is 0 Å². The minimum atomic E-state index is -0.747. The fourth-order valence-corrected chi connectivity index (χ4v) is 2.24. The van der Waals surface area contributed by atoms with E-state index in [4.69, 9.17) is 5.11 Å². The van der Waals surface area contributed by atoms with Crippen LogP contribution in [0.3, 0.4) is 0 Å². The maximum atomic E-state index is 11.9. The summed E-state index contributed by atoms with van der Waals surface area (Å²) in [5.41, 5.74) is 2.06. The topological polar surface area (TPSA) is 18.5 Å². The van der Waals surface area contributed by atoms with Gasteiger partial charge in [0.2, 0.25) is 0 Å². The average Bonchev–Trinajstić information content (AvgIpc) is 2.40. The number of rotatable bonds is 4. The van der Waals surface area contributed by atoms with Gasteiger partial charge in [-0.15, -0.1) is 0 Å². The SMILES string of the molecule is [CH2]=[Cf][O]c1ccc(-c2ccc(OF)cc2)cc1. The predicted octanol–water partition coefficient (Wildman–Crippen LogP) is 3.43. The first-order chi connectivity index (χ1) is 8.33. The van der Waals surface area contributed by atoms with Crippen LogP contribution in [0.4, 0.5) is 4.53 Å². The zero-order valence-electron chi connectivity index (χ0n) is 8.84. The summed E-state index contributed by atoms with van der Waals surface area (Å²) >= 11 is 0. The molecule has 0 N–H and O–H groups in total. The molecule has 0 heterocycles. The summed E-state index contributed by atoms with van der Waals surface area (Å²) in [6.07, 6.45) is 0. The summed E-state index contributed by atoms with van der Waals surface area (Å²) in [4.78, 5) is 3.63. The Morgan fingerprint density at radius 1 is 0.824 bits per heavy atom. The monoisotopic (exact) mass is 466 g/mol. The van der Waals surface area contributed by atoms with Crippen LogP contribution in [0.2, 0.25) is 0 Å². The van der Waals surface area contributed by atoms with Gasteiger partial charge in [-0.2, -0.15) is 0 Å². The van der Waals surface area contributed by atoms with Gasteiger partial charge in [-0.3, -0.25) is 0 Å². The summed E-state index contributed by atoms with van der Waals surface area (Å²) in [7, 11) is 3.76. The Bertz CT molecular complexity index is 494. The van der Waals surface area contributed by atoms with E-state index in [1.54, 1.807) is 12.1 Å². The Hall–Kier alpha value is -3.16. The van der Waals surface area contributed by atoms with Gasteiger partial charge in [0.15, 0.2) is 0 Å². The first-order valence-electron chi connectivity index (χ1n) is 4.81. The van der Waals surface area contributed by atoms with Crippen molar-refractivity contribution >= 4 is 7.43 Å². The second-order valence-corrected chi connectivity index (χ2v) is 4.58. The van der Waals surface area contributed by atoms with Crippen LogP contribution in [0.25, 0.3) is 11.1 Å². The predicted molar refractivity (Wildman–Crippen MR) is 61.4 cm³/mol. The average molecular weight is 468 g/mol. The van der Waals surface area contributed by atoms with Crippen molar-refractivity contribution in [1.29, 1.82) is 0 Å². The van der Waals surface area contributed by atoms with Crippen molar-refractivity contribution in [2.24, 2.45) is 0 Å². The molecule has 2 nitrogen and oxygen atoms in total. The second-order valence-electron chi connectivity index (χ2n) is 3.28. The minimum absolute atomic E-state index is 0.206. The van der Waals surface area contributed by atoms with E-state index < -0.39 is 0 Å². The molecule has 0 saturated heterocycles. The molecule has 0 aliphatic heterocycles. The molecule has 2 aromatic carbocycles. The summed E-state index contributed by atoms with van der Waals surface area (Å²) in [5, 5.41) is 5.40. The van der Waals surface area contributed by atoms with Crippen LogP contribution in [0.1, 0.15) is 0 Å². The molecule has 0 atom stereocenters. The zero-order valence-corrected chi connectivity index (χ0v) is 11.5. The molecule has 0 aliphatic carbocycles. The van der Waals surface area contributed by atoms with Crippen LogP contribution in [0.15, 0.2) is 48.5 Å². The van der Waals surface area contributed by atoms with E-state index in [1.165, 1.54) is 0 Å². The number of hydrogen-bond donors (Lipinski definition) is 0. The molecule has 0 spiro atoms. The van der Waals surface area contributed by atoms with Crippen LogP contribution in [0.5, 0.6) is 11.5 Å². The van der Waals surface area contributed by atoms with Crippen molar-refractivity contribution in [2.75, 3.05) is 0 Å². The third kappa shape index (κ3) is 2.26. The van der Waals surface area contributed by atoms with E-state index in [0.717, 1.165) is 16.9 Å². The quantitative estimate of drug-likeness (QED) is 0.685. The first-order valence-corrected chi connectivity index (χ1v) is 7.75. The van der Waals surface area contributed by atoms with Crippen molar-refractivity contribution in [3.63, 3.8) is 0 Å². The Labute approximate surface area is 93.8 Å². The number of hydrogen-bond acceptors (Lipinski definition) is 2. The third-order valence-corrected chi connectivity index (χ3v) is 3.25.